The smallest absolute Gasteiger partial charge is 0.309 e. The Balaban J connectivity index is 2.28. The van der Waals surface area contributed by atoms with E-state index >= 15 is 0 Å². The molecule has 0 saturated carbocycles. The molecule has 0 aromatic carbocycles. The SMILES string of the molecule is C/C1=C/C/C=C(\C)[C@H](O)[C@@H]2OC(=O)[C@@H](C)[C@@H]2CC1. The minimum Gasteiger partial charge on any atom is -0.459 e. The van der Waals surface area contributed by atoms with Crippen LogP contribution < -0.4 is 0 Å². The first kappa shape index (κ1) is 13.3. The van der Waals surface area contributed by atoms with Crippen LogP contribution in [-0.2, 0) is 9.53 Å². The normalized spacial score (nSPS) is 43.2. The molecule has 3 heteroatoms. The van der Waals surface area contributed by atoms with Gasteiger partial charge < -0.3 is 9.84 Å². The van der Waals surface area contributed by atoms with Gasteiger partial charge >= 0.3 is 5.97 Å². The number of aliphatic hydroxyl groups excluding tert-OH is 1. The second kappa shape index (κ2) is 5.27. The van der Waals surface area contributed by atoms with Crippen molar-refractivity contribution in [3.8, 4) is 0 Å². The summed E-state index contributed by atoms with van der Waals surface area (Å²) in [6, 6.07) is 0. The molecule has 4 atom stereocenters. The Morgan fingerprint density at radius 1 is 1.33 bits per heavy atom. The molecule has 0 unspecified atom stereocenters. The summed E-state index contributed by atoms with van der Waals surface area (Å²) < 4.78 is 5.38. The number of allylic oxidation sites excluding steroid dienone is 3. The lowest BCUT2D eigenvalue weighted by atomic mass is 9.82. The first-order valence-electron chi connectivity index (χ1n) is 6.71. The Bertz CT molecular complexity index is 395. The van der Waals surface area contributed by atoms with E-state index in [1.807, 2.05) is 19.9 Å². The minimum absolute atomic E-state index is 0.107. The van der Waals surface area contributed by atoms with Gasteiger partial charge in [-0.1, -0.05) is 24.6 Å². The van der Waals surface area contributed by atoms with Gasteiger partial charge in [-0.25, -0.2) is 0 Å². The highest BCUT2D eigenvalue weighted by molar-refractivity contribution is 5.75. The molecule has 0 amide bonds. The number of hydrogen-bond donors (Lipinski definition) is 1. The Morgan fingerprint density at radius 2 is 2.06 bits per heavy atom. The minimum atomic E-state index is -0.657. The van der Waals surface area contributed by atoms with Crippen molar-refractivity contribution in [3.05, 3.63) is 23.3 Å². The van der Waals surface area contributed by atoms with Crippen LogP contribution in [0.4, 0.5) is 0 Å². The third-order valence-corrected chi connectivity index (χ3v) is 4.24. The van der Waals surface area contributed by atoms with E-state index < -0.39 is 6.10 Å². The van der Waals surface area contributed by atoms with Crippen LogP contribution in [0, 0.1) is 11.8 Å². The average Bonchev–Trinajstić information content (AvgIpc) is 2.61. The van der Waals surface area contributed by atoms with Crippen molar-refractivity contribution in [1.29, 1.82) is 0 Å². The molecule has 2 aliphatic rings. The van der Waals surface area contributed by atoms with Gasteiger partial charge in [-0.3, -0.25) is 4.79 Å². The fraction of sp³-hybridized carbons (Fsp3) is 0.667. The molecule has 2 rings (SSSR count). The van der Waals surface area contributed by atoms with E-state index in [9.17, 15) is 9.90 Å². The number of hydrogen-bond acceptors (Lipinski definition) is 3. The van der Waals surface area contributed by atoms with Gasteiger partial charge in [0.1, 0.15) is 12.2 Å². The van der Waals surface area contributed by atoms with Crippen LogP contribution in [0.1, 0.15) is 40.0 Å². The van der Waals surface area contributed by atoms with Gasteiger partial charge in [0.05, 0.1) is 5.92 Å². The predicted octanol–water partition coefficient (Wildman–Crippen LogP) is 2.60. The fourth-order valence-corrected chi connectivity index (χ4v) is 2.82. The number of esters is 1. The molecule has 0 bridgehead atoms. The molecular formula is C15H22O3. The van der Waals surface area contributed by atoms with Crippen molar-refractivity contribution in [1.82, 2.24) is 0 Å². The van der Waals surface area contributed by atoms with E-state index in [4.69, 9.17) is 4.74 Å². The molecule has 18 heavy (non-hydrogen) atoms. The molecule has 1 aliphatic carbocycles. The first-order valence-corrected chi connectivity index (χ1v) is 6.71. The van der Waals surface area contributed by atoms with E-state index in [1.54, 1.807) is 0 Å². The van der Waals surface area contributed by atoms with Crippen molar-refractivity contribution < 1.29 is 14.6 Å². The van der Waals surface area contributed by atoms with Crippen molar-refractivity contribution in [2.45, 2.75) is 52.2 Å². The average molecular weight is 250 g/mol. The molecule has 3 nitrogen and oxygen atoms in total. The summed E-state index contributed by atoms with van der Waals surface area (Å²) in [5.41, 5.74) is 2.25. The van der Waals surface area contributed by atoms with Gasteiger partial charge in [0.2, 0.25) is 0 Å². The summed E-state index contributed by atoms with van der Waals surface area (Å²) in [5, 5.41) is 10.3. The van der Waals surface area contributed by atoms with Crippen LogP contribution in [0.2, 0.25) is 0 Å². The standard InChI is InChI=1S/C15H22O3/c1-9-5-4-6-10(2)13(16)14-12(8-7-9)11(3)15(17)18-14/h5-6,11-14,16H,4,7-8H2,1-3H3/b9-5-,10-6+/t11-,12-,13-,14+/m0/s1. The third-order valence-electron chi connectivity index (χ3n) is 4.24. The van der Waals surface area contributed by atoms with E-state index in [1.165, 1.54) is 5.57 Å². The fourth-order valence-electron chi connectivity index (χ4n) is 2.82. The second-order valence-corrected chi connectivity index (χ2v) is 5.57. The summed E-state index contributed by atoms with van der Waals surface area (Å²) in [6.45, 7) is 5.94. The van der Waals surface area contributed by atoms with Gasteiger partial charge in [-0.05, 0) is 38.7 Å². The van der Waals surface area contributed by atoms with Crippen LogP contribution in [0.5, 0.6) is 0 Å². The number of ether oxygens (including phenoxy) is 1. The lowest BCUT2D eigenvalue weighted by Gasteiger charge is -2.25. The maximum atomic E-state index is 11.7. The molecule has 0 radical (unpaired) electrons. The van der Waals surface area contributed by atoms with E-state index in [2.05, 4.69) is 13.0 Å². The predicted molar refractivity (Wildman–Crippen MR) is 69.9 cm³/mol. The Hall–Kier alpha value is -1.09. The first-order chi connectivity index (χ1) is 8.50. The van der Waals surface area contributed by atoms with Crippen molar-refractivity contribution in [2.75, 3.05) is 0 Å². The Kier molecular flexibility index (Phi) is 3.91. The van der Waals surface area contributed by atoms with Gasteiger partial charge in [0.15, 0.2) is 0 Å². The molecule has 1 heterocycles. The molecule has 0 aromatic heterocycles. The lowest BCUT2D eigenvalue weighted by molar-refractivity contribution is -0.146. The Labute approximate surface area is 109 Å². The summed E-state index contributed by atoms with van der Waals surface area (Å²) in [7, 11) is 0. The van der Waals surface area contributed by atoms with Crippen LogP contribution in [-0.4, -0.2) is 23.3 Å². The molecule has 0 spiro atoms. The van der Waals surface area contributed by atoms with Crippen LogP contribution >= 0.6 is 0 Å². The maximum Gasteiger partial charge on any atom is 0.309 e. The highest BCUT2D eigenvalue weighted by Gasteiger charge is 2.45. The van der Waals surface area contributed by atoms with Gasteiger partial charge in [0.25, 0.3) is 0 Å². The molecule has 1 aliphatic heterocycles. The molecule has 1 saturated heterocycles. The number of aliphatic hydroxyl groups is 1. The third kappa shape index (κ3) is 2.51. The Morgan fingerprint density at radius 3 is 2.78 bits per heavy atom. The quantitative estimate of drug-likeness (QED) is 0.531. The summed E-state index contributed by atoms with van der Waals surface area (Å²) in [4.78, 5) is 11.7. The van der Waals surface area contributed by atoms with Crippen molar-refractivity contribution in [2.24, 2.45) is 11.8 Å². The maximum absolute atomic E-state index is 11.7. The molecule has 1 fully saturated rings. The molecule has 0 aromatic rings. The van der Waals surface area contributed by atoms with Crippen molar-refractivity contribution in [3.63, 3.8) is 0 Å². The van der Waals surface area contributed by atoms with Gasteiger partial charge in [-0.15, -0.1) is 0 Å². The van der Waals surface area contributed by atoms with E-state index in [0.29, 0.717) is 0 Å². The summed E-state index contributed by atoms with van der Waals surface area (Å²) in [6.07, 6.45) is 5.92. The number of carbonyl (C=O) groups excluding carboxylic acids is 1. The summed E-state index contributed by atoms with van der Waals surface area (Å²) in [5.74, 6) is -0.153. The zero-order chi connectivity index (χ0) is 13.3. The van der Waals surface area contributed by atoms with Crippen LogP contribution in [0.15, 0.2) is 23.3 Å². The second-order valence-electron chi connectivity index (χ2n) is 5.57. The monoisotopic (exact) mass is 250 g/mol. The van der Waals surface area contributed by atoms with E-state index in [-0.39, 0.29) is 23.9 Å². The van der Waals surface area contributed by atoms with Crippen LogP contribution in [0.25, 0.3) is 0 Å². The number of carbonyl (C=O) groups is 1. The zero-order valence-corrected chi connectivity index (χ0v) is 11.3. The van der Waals surface area contributed by atoms with Crippen LogP contribution in [0.3, 0.4) is 0 Å². The number of rotatable bonds is 0. The molecular weight excluding hydrogens is 228 g/mol. The molecule has 1 N–H and O–H groups in total. The zero-order valence-electron chi connectivity index (χ0n) is 11.3. The molecule has 100 valence electrons. The lowest BCUT2D eigenvalue weighted by Crippen LogP contribution is -2.33. The van der Waals surface area contributed by atoms with Crippen molar-refractivity contribution >= 4 is 5.97 Å². The highest BCUT2D eigenvalue weighted by atomic mass is 16.6. The summed E-state index contributed by atoms with van der Waals surface area (Å²) >= 11 is 0. The van der Waals surface area contributed by atoms with Gasteiger partial charge in [0, 0.05) is 5.92 Å². The topological polar surface area (TPSA) is 46.5 Å². The van der Waals surface area contributed by atoms with Gasteiger partial charge in [-0.2, -0.15) is 0 Å². The largest absolute Gasteiger partial charge is 0.459 e. The van der Waals surface area contributed by atoms with E-state index in [0.717, 1.165) is 24.8 Å². The highest BCUT2D eigenvalue weighted by Crippen LogP contribution is 2.36. The number of fused-ring (bicyclic) bond motifs is 1.